The van der Waals surface area contributed by atoms with Crippen LogP contribution in [0.5, 0.6) is 0 Å². The highest BCUT2D eigenvalue weighted by molar-refractivity contribution is 5.89. The fraction of sp³-hybridized carbons (Fsp3) is 0.350. The Morgan fingerprint density at radius 3 is 2.70 bits per heavy atom. The molecule has 0 aliphatic carbocycles. The molecular formula is C20H20F2N4O. The molecular weight excluding hydrogens is 350 g/mol. The van der Waals surface area contributed by atoms with Crippen LogP contribution in [-0.4, -0.2) is 51.5 Å². The lowest BCUT2D eigenvalue weighted by molar-refractivity contribution is -0.128. The van der Waals surface area contributed by atoms with Gasteiger partial charge in [0.2, 0.25) is 0 Å². The van der Waals surface area contributed by atoms with Crippen molar-refractivity contribution in [1.82, 2.24) is 19.7 Å². The van der Waals surface area contributed by atoms with Crippen molar-refractivity contribution in [3.63, 3.8) is 0 Å². The molecule has 0 unspecified atom stereocenters. The maximum Gasteiger partial charge on any atom is 0.251 e. The van der Waals surface area contributed by atoms with Crippen LogP contribution in [-0.2, 0) is 18.3 Å². The van der Waals surface area contributed by atoms with Gasteiger partial charge in [-0.3, -0.25) is 19.4 Å². The predicted molar refractivity (Wildman–Crippen MR) is 98.6 cm³/mol. The summed E-state index contributed by atoms with van der Waals surface area (Å²) in [4.78, 5) is 18.4. The molecule has 1 fully saturated rings. The van der Waals surface area contributed by atoms with Crippen LogP contribution in [0, 0.1) is 5.92 Å². The van der Waals surface area contributed by atoms with Gasteiger partial charge < -0.3 is 0 Å². The van der Waals surface area contributed by atoms with Crippen molar-refractivity contribution in [2.24, 2.45) is 13.0 Å². The van der Waals surface area contributed by atoms with Crippen LogP contribution in [0.1, 0.15) is 5.69 Å². The molecule has 4 rings (SSSR count). The Balaban J connectivity index is 1.47. The summed E-state index contributed by atoms with van der Waals surface area (Å²) in [5.41, 5.74) is 2.80. The standard InChI is InChI=1S/C20H20F2N4O/c1-25-9-16(8-24-25)13-2-3-14-7-23-18(5-15(14)4-13)6-19(27)17-10-26(11-17)12-20(21)22/h2-5,7-9,17,20H,6,10-12H2,1H3. The average Bonchev–Trinajstić information content (AvgIpc) is 3.03. The number of ketones is 1. The number of hydrogen-bond donors (Lipinski definition) is 0. The topological polar surface area (TPSA) is 51.0 Å². The third-order valence-electron chi connectivity index (χ3n) is 4.98. The number of aromatic nitrogens is 3. The maximum atomic E-state index is 12.4. The number of aryl methyl sites for hydroxylation is 1. The molecule has 0 N–H and O–H groups in total. The number of rotatable bonds is 6. The van der Waals surface area contributed by atoms with E-state index >= 15 is 0 Å². The maximum absolute atomic E-state index is 12.4. The molecule has 140 valence electrons. The van der Waals surface area contributed by atoms with Gasteiger partial charge in [0.1, 0.15) is 5.78 Å². The van der Waals surface area contributed by atoms with Crippen molar-refractivity contribution in [2.45, 2.75) is 12.8 Å². The van der Waals surface area contributed by atoms with Gasteiger partial charge in [0.05, 0.1) is 12.7 Å². The molecule has 1 saturated heterocycles. The van der Waals surface area contributed by atoms with Crippen molar-refractivity contribution in [3.05, 3.63) is 48.5 Å². The number of carbonyl (C=O) groups excluding carboxylic acids is 1. The first-order valence-electron chi connectivity index (χ1n) is 8.89. The molecule has 0 atom stereocenters. The number of halogens is 2. The van der Waals surface area contributed by atoms with Gasteiger partial charge in [-0.25, -0.2) is 8.78 Å². The van der Waals surface area contributed by atoms with Gasteiger partial charge in [-0.2, -0.15) is 5.10 Å². The highest BCUT2D eigenvalue weighted by atomic mass is 19.3. The quantitative estimate of drug-likeness (QED) is 0.670. The van der Waals surface area contributed by atoms with Crippen LogP contribution >= 0.6 is 0 Å². The molecule has 0 spiro atoms. The molecule has 27 heavy (non-hydrogen) atoms. The van der Waals surface area contributed by atoms with Gasteiger partial charge in [-0.1, -0.05) is 12.1 Å². The monoisotopic (exact) mass is 370 g/mol. The molecule has 0 amide bonds. The molecule has 3 heterocycles. The van der Waals surface area contributed by atoms with Gasteiger partial charge in [0.25, 0.3) is 6.43 Å². The SMILES string of the molecule is Cn1cc(-c2ccc3cnc(CC(=O)C4CN(CC(F)F)C4)cc3c2)cn1. The van der Waals surface area contributed by atoms with Crippen molar-refractivity contribution in [3.8, 4) is 11.1 Å². The van der Waals surface area contributed by atoms with Gasteiger partial charge in [0.15, 0.2) is 0 Å². The summed E-state index contributed by atoms with van der Waals surface area (Å²) < 4.78 is 26.4. The Kier molecular flexibility index (Phi) is 4.70. The van der Waals surface area contributed by atoms with Crippen LogP contribution < -0.4 is 0 Å². The zero-order valence-corrected chi connectivity index (χ0v) is 15.0. The minimum atomic E-state index is -2.35. The van der Waals surface area contributed by atoms with Gasteiger partial charge in [-0.05, 0) is 23.1 Å². The lowest BCUT2D eigenvalue weighted by Gasteiger charge is -2.37. The van der Waals surface area contributed by atoms with E-state index in [1.165, 1.54) is 0 Å². The molecule has 3 aromatic rings. The predicted octanol–water partition coefficient (Wildman–Crippen LogP) is 2.94. The molecule has 2 aromatic heterocycles. The first kappa shape index (κ1) is 17.7. The van der Waals surface area contributed by atoms with E-state index in [1.54, 1.807) is 15.8 Å². The first-order valence-corrected chi connectivity index (χ1v) is 8.89. The number of fused-ring (bicyclic) bond motifs is 1. The minimum Gasteiger partial charge on any atom is -0.299 e. The van der Waals surface area contributed by atoms with Gasteiger partial charge >= 0.3 is 0 Å². The lowest BCUT2D eigenvalue weighted by Crippen LogP contribution is -2.52. The summed E-state index contributed by atoms with van der Waals surface area (Å²) in [6.45, 7) is 0.582. The smallest absolute Gasteiger partial charge is 0.251 e. The van der Waals surface area contributed by atoms with Crippen molar-refractivity contribution < 1.29 is 13.6 Å². The number of alkyl halides is 2. The van der Waals surface area contributed by atoms with E-state index in [2.05, 4.69) is 16.1 Å². The summed E-state index contributed by atoms with van der Waals surface area (Å²) in [6, 6.07) is 8.03. The fourth-order valence-corrected chi connectivity index (χ4v) is 3.47. The highest BCUT2D eigenvalue weighted by Gasteiger charge is 2.33. The van der Waals surface area contributed by atoms with E-state index in [0.717, 1.165) is 21.9 Å². The Hall–Kier alpha value is -2.67. The second-order valence-corrected chi connectivity index (χ2v) is 7.09. The van der Waals surface area contributed by atoms with Crippen LogP contribution in [0.4, 0.5) is 8.78 Å². The molecule has 1 aliphatic rings. The summed E-state index contributed by atoms with van der Waals surface area (Å²) in [7, 11) is 1.88. The number of benzene rings is 1. The van der Waals surface area contributed by atoms with Gasteiger partial charge in [0, 0.05) is 61.5 Å². The lowest BCUT2D eigenvalue weighted by atomic mass is 9.92. The molecule has 0 bridgehead atoms. The third kappa shape index (κ3) is 3.88. The Morgan fingerprint density at radius 1 is 1.19 bits per heavy atom. The second-order valence-electron chi connectivity index (χ2n) is 7.09. The summed E-state index contributed by atoms with van der Waals surface area (Å²) in [6.07, 6.45) is 3.43. The van der Waals surface area contributed by atoms with Crippen LogP contribution in [0.25, 0.3) is 21.9 Å². The number of carbonyl (C=O) groups is 1. The molecule has 7 heteroatoms. The molecule has 1 aliphatic heterocycles. The van der Waals surface area contributed by atoms with Crippen molar-refractivity contribution in [2.75, 3.05) is 19.6 Å². The largest absolute Gasteiger partial charge is 0.299 e. The number of Topliss-reactive ketones (excluding diaryl/α,β-unsaturated/α-hetero) is 1. The summed E-state index contributed by atoms with van der Waals surface area (Å²) in [5.74, 6) is -0.0984. The van der Waals surface area contributed by atoms with Crippen molar-refractivity contribution >= 4 is 16.6 Å². The number of nitrogens with zero attached hydrogens (tertiary/aromatic N) is 4. The van der Waals surface area contributed by atoms with E-state index in [4.69, 9.17) is 0 Å². The first-order chi connectivity index (χ1) is 13.0. The Morgan fingerprint density at radius 2 is 2.00 bits per heavy atom. The van der Waals surface area contributed by atoms with E-state index in [9.17, 15) is 13.6 Å². The van der Waals surface area contributed by atoms with Crippen LogP contribution in [0.15, 0.2) is 42.9 Å². The minimum absolute atomic E-state index is 0.0655. The molecule has 0 radical (unpaired) electrons. The van der Waals surface area contributed by atoms with E-state index < -0.39 is 6.43 Å². The number of hydrogen-bond acceptors (Lipinski definition) is 4. The molecule has 5 nitrogen and oxygen atoms in total. The second kappa shape index (κ2) is 7.15. The van der Waals surface area contributed by atoms with E-state index in [1.807, 2.05) is 37.6 Å². The van der Waals surface area contributed by atoms with Gasteiger partial charge in [-0.15, -0.1) is 0 Å². The fourth-order valence-electron chi connectivity index (χ4n) is 3.47. The highest BCUT2D eigenvalue weighted by Crippen LogP contribution is 2.25. The average molecular weight is 370 g/mol. The van der Waals surface area contributed by atoms with Crippen molar-refractivity contribution in [1.29, 1.82) is 0 Å². The number of pyridine rings is 1. The summed E-state index contributed by atoms with van der Waals surface area (Å²) >= 11 is 0. The summed E-state index contributed by atoms with van der Waals surface area (Å²) in [5, 5.41) is 6.22. The van der Waals surface area contributed by atoms with E-state index in [-0.39, 0.29) is 24.7 Å². The number of likely N-dealkylation sites (tertiary alicyclic amines) is 1. The van der Waals surface area contributed by atoms with E-state index in [0.29, 0.717) is 18.8 Å². The Bertz CT molecular complexity index is 979. The van der Waals surface area contributed by atoms with Crippen LogP contribution in [0.2, 0.25) is 0 Å². The normalized spacial score (nSPS) is 15.4. The zero-order valence-electron chi connectivity index (χ0n) is 15.0. The molecule has 0 saturated carbocycles. The zero-order chi connectivity index (χ0) is 19.0. The Labute approximate surface area is 155 Å². The van der Waals surface area contributed by atoms with Crippen LogP contribution in [0.3, 0.4) is 0 Å². The third-order valence-corrected chi connectivity index (χ3v) is 4.98. The molecule has 1 aromatic carbocycles.